The number of nitrogens with two attached hydrogens (primary N) is 1. The molecule has 4 heteroatoms. The maximum atomic E-state index is 5.87. The second-order valence-corrected chi connectivity index (χ2v) is 5.94. The van der Waals surface area contributed by atoms with E-state index in [1.54, 1.807) is 0 Å². The predicted molar refractivity (Wildman–Crippen MR) is 77.4 cm³/mol. The van der Waals surface area contributed by atoms with Crippen LogP contribution in [0, 0.1) is 0 Å². The van der Waals surface area contributed by atoms with Crippen molar-refractivity contribution in [3.63, 3.8) is 0 Å². The molecule has 2 atom stereocenters. The van der Waals surface area contributed by atoms with E-state index >= 15 is 0 Å². The third-order valence-corrected chi connectivity index (χ3v) is 3.81. The number of rotatable bonds is 5. The van der Waals surface area contributed by atoms with E-state index in [-0.39, 0.29) is 6.10 Å². The van der Waals surface area contributed by atoms with Crippen LogP contribution in [0.4, 0.5) is 0 Å². The fourth-order valence-corrected chi connectivity index (χ4v) is 2.89. The molecule has 100 valence electrons. The first-order chi connectivity index (χ1) is 8.67. The standard InChI is InChI=1S/C14H21BrN2O/c1-17(9-11-3-2-4-12(15)7-11)10-14-6-5-13(8-16)18-14/h2-4,7,13-14H,5-6,8-10,16H2,1H3. The minimum atomic E-state index is 0.272. The molecular weight excluding hydrogens is 292 g/mol. The monoisotopic (exact) mass is 312 g/mol. The Kier molecular flexibility index (Phi) is 5.18. The maximum absolute atomic E-state index is 5.87. The highest BCUT2D eigenvalue weighted by atomic mass is 79.9. The van der Waals surface area contributed by atoms with Crippen molar-refractivity contribution >= 4 is 15.9 Å². The van der Waals surface area contributed by atoms with Crippen LogP contribution in [0.2, 0.25) is 0 Å². The molecule has 0 aliphatic carbocycles. The van der Waals surface area contributed by atoms with E-state index < -0.39 is 0 Å². The second-order valence-electron chi connectivity index (χ2n) is 5.02. The Labute approximate surface area is 117 Å². The number of likely N-dealkylation sites (N-methyl/N-ethyl adjacent to an activating group) is 1. The Morgan fingerprint density at radius 3 is 2.83 bits per heavy atom. The molecule has 0 spiro atoms. The first-order valence-electron chi connectivity index (χ1n) is 6.46. The van der Waals surface area contributed by atoms with Crippen molar-refractivity contribution in [2.45, 2.75) is 31.6 Å². The Bertz CT molecular complexity index is 386. The largest absolute Gasteiger partial charge is 0.372 e. The topological polar surface area (TPSA) is 38.5 Å². The van der Waals surface area contributed by atoms with E-state index in [1.807, 2.05) is 0 Å². The Morgan fingerprint density at radius 2 is 2.17 bits per heavy atom. The lowest BCUT2D eigenvalue weighted by Gasteiger charge is -2.21. The summed E-state index contributed by atoms with van der Waals surface area (Å²) in [6.07, 6.45) is 2.85. The molecule has 1 fully saturated rings. The van der Waals surface area contributed by atoms with Crippen LogP contribution in [-0.2, 0) is 11.3 Å². The van der Waals surface area contributed by atoms with Gasteiger partial charge in [-0.1, -0.05) is 28.1 Å². The van der Waals surface area contributed by atoms with Crippen LogP contribution in [0.25, 0.3) is 0 Å². The van der Waals surface area contributed by atoms with Gasteiger partial charge in [-0.25, -0.2) is 0 Å². The number of hydrogen-bond donors (Lipinski definition) is 1. The molecule has 18 heavy (non-hydrogen) atoms. The molecule has 1 aromatic rings. The van der Waals surface area contributed by atoms with Crippen LogP contribution in [-0.4, -0.2) is 37.2 Å². The molecule has 1 saturated heterocycles. The molecule has 2 unspecified atom stereocenters. The lowest BCUT2D eigenvalue weighted by Crippen LogP contribution is -2.30. The van der Waals surface area contributed by atoms with Crippen LogP contribution in [0.1, 0.15) is 18.4 Å². The second kappa shape index (κ2) is 6.66. The maximum Gasteiger partial charge on any atom is 0.0707 e. The average molecular weight is 313 g/mol. The normalized spacial score (nSPS) is 23.8. The molecule has 0 radical (unpaired) electrons. The van der Waals surface area contributed by atoms with Crippen molar-refractivity contribution in [2.24, 2.45) is 5.73 Å². The number of hydrogen-bond acceptors (Lipinski definition) is 3. The number of benzene rings is 1. The molecule has 1 aromatic carbocycles. The summed E-state index contributed by atoms with van der Waals surface area (Å²) in [5, 5.41) is 0. The average Bonchev–Trinajstić information content (AvgIpc) is 2.76. The summed E-state index contributed by atoms with van der Waals surface area (Å²) in [6, 6.07) is 8.44. The summed E-state index contributed by atoms with van der Waals surface area (Å²) in [4.78, 5) is 2.31. The van der Waals surface area contributed by atoms with Gasteiger partial charge in [0, 0.05) is 24.1 Å². The van der Waals surface area contributed by atoms with Crippen molar-refractivity contribution in [1.29, 1.82) is 0 Å². The zero-order valence-corrected chi connectivity index (χ0v) is 12.4. The molecule has 1 aliphatic heterocycles. The Morgan fingerprint density at radius 1 is 1.39 bits per heavy atom. The van der Waals surface area contributed by atoms with E-state index in [2.05, 4.69) is 52.1 Å². The van der Waals surface area contributed by atoms with Crippen LogP contribution >= 0.6 is 15.9 Å². The quantitative estimate of drug-likeness (QED) is 0.907. The van der Waals surface area contributed by atoms with Crippen molar-refractivity contribution in [3.8, 4) is 0 Å². The summed E-state index contributed by atoms with van der Waals surface area (Å²) >= 11 is 3.50. The summed E-state index contributed by atoms with van der Waals surface area (Å²) < 4.78 is 7.00. The summed E-state index contributed by atoms with van der Waals surface area (Å²) in [5.74, 6) is 0. The van der Waals surface area contributed by atoms with Crippen molar-refractivity contribution in [3.05, 3.63) is 34.3 Å². The first-order valence-corrected chi connectivity index (χ1v) is 7.25. The van der Waals surface area contributed by atoms with E-state index in [0.29, 0.717) is 12.6 Å². The van der Waals surface area contributed by atoms with Gasteiger partial charge in [0.05, 0.1) is 12.2 Å². The smallest absolute Gasteiger partial charge is 0.0707 e. The van der Waals surface area contributed by atoms with Gasteiger partial charge in [0.25, 0.3) is 0 Å². The lowest BCUT2D eigenvalue weighted by molar-refractivity contribution is 0.0306. The fraction of sp³-hybridized carbons (Fsp3) is 0.571. The zero-order valence-electron chi connectivity index (χ0n) is 10.8. The molecule has 3 nitrogen and oxygen atoms in total. The highest BCUT2D eigenvalue weighted by Gasteiger charge is 2.24. The van der Waals surface area contributed by atoms with E-state index in [1.165, 1.54) is 5.56 Å². The van der Waals surface area contributed by atoms with Gasteiger partial charge >= 0.3 is 0 Å². The van der Waals surface area contributed by atoms with Crippen LogP contribution in [0.3, 0.4) is 0 Å². The third kappa shape index (κ3) is 4.05. The van der Waals surface area contributed by atoms with Crippen molar-refractivity contribution < 1.29 is 4.74 Å². The minimum absolute atomic E-state index is 0.272. The van der Waals surface area contributed by atoms with Crippen LogP contribution in [0.5, 0.6) is 0 Å². The predicted octanol–water partition coefficient (Wildman–Crippen LogP) is 2.39. The molecule has 1 heterocycles. The van der Waals surface area contributed by atoms with Gasteiger partial charge in [-0.15, -0.1) is 0 Å². The Hall–Kier alpha value is -0.420. The molecule has 0 amide bonds. The van der Waals surface area contributed by atoms with Crippen molar-refractivity contribution in [1.82, 2.24) is 4.90 Å². The zero-order chi connectivity index (χ0) is 13.0. The van der Waals surface area contributed by atoms with Gasteiger partial charge in [0.15, 0.2) is 0 Å². The van der Waals surface area contributed by atoms with E-state index in [9.17, 15) is 0 Å². The number of halogens is 1. The molecular formula is C14H21BrN2O. The fourth-order valence-electron chi connectivity index (χ4n) is 2.45. The molecule has 2 rings (SSSR count). The highest BCUT2D eigenvalue weighted by molar-refractivity contribution is 9.10. The molecule has 1 aliphatic rings. The molecule has 0 saturated carbocycles. The summed E-state index contributed by atoms with van der Waals surface area (Å²) in [7, 11) is 2.14. The number of ether oxygens (including phenoxy) is 1. The van der Waals surface area contributed by atoms with Gasteiger partial charge < -0.3 is 10.5 Å². The number of nitrogens with zero attached hydrogens (tertiary/aromatic N) is 1. The first kappa shape index (κ1) is 14.0. The highest BCUT2D eigenvalue weighted by Crippen LogP contribution is 2.20. The van der Waals surface area contributed by atoms with Gasteiger partial charge in [-0.05, 0) is 37.6 Å². The van der Waals surface area contributed by atoms with Gasteiger partial charge in [0.1, 0.15) is 0 Å². The molecule has 0 bridgehead atoms. The van der Waals surface area contributed by atoms with Gasteiger partial charge in [0.2, 0.25) is 0 Å². The Balaban J connectivity index is 1.80. The molecule has 2 N–H and O–H groups in total. The van der Waals surface area contributed by atoms with E-state index in [4.69, 9.17) is 10.5 Å². The molecule has 0 aromatic heterocycles. The SMILES string of the molecule is CN(Cc1cccc(Br)c1)CC1CCC(CN)O1. The van der Waals surface area contributed by atoms with Crippen LogP contribution < -0.4 is 5.73 Å². The van der Waals surface area contributed by atoms with Gasteiger partial charge in [-0.2, -0.15) is 0 Å². The van der Waals surface area contributed by atoms with E-state index in [0.717, 1.165) is 30.4 Å². The summed E-state index contributed by atoms with van der Waals surface area (Å²) in [6.45, 7) is 2.57. The minimum Gasteiger partial charge on any atom is -0.372 e. The van der Waals surface area contributed by atoms with Gasteiger partial charge in [-0.3, -0.25) is 4.90 Å². The van der Waals surface area contributed by atoms with Crippen LogP contribution in [0.15, 0.2) is 28.7 Å². The summed E-state index contributed by atoms with van der Waals surface area (Å²) in [5.41, 5.74) is 6.94. The van der Waals surface area contributed by atoms with Crippen molar-refractivity contribution in [2.75, 3.05) is 20.1 Å². The third-order valence-electron chi connectivity index (χ3n) is 3.32. The lowest BCUT2D eigenvalue weighted by atomic mass is 10.1.